The SMILES string of the molecule is CCc1csc(-c2ccno2)n1. The van der Waals surface area contributed by atoms with Gasteiger partial charge in [-0.25, -0.2) is 4.98 Å². The summed E-state index contributed by atoms with van der Waals surface area (Å²) in [5, 5.41) is 6.57. The molecule has 0 radical (unpaired) electrons. The Bertz CT molecular complexity index is 353. The van der Waals surface area contributed by atoms with E-state index in [0.29, 0.717) is 0 Å². The number of aromatic nitrogens is 2. The Kier molecular flexibility index (Phi) is 1.91. The highest BCUT2D eigenvalue weighted by atomic mass is 32.1. The zero-order valence-corrected chi connectivity index (χ0v) is 7.47. The van der Waals surface area contributed by atoms with Crippen LogP contribution in [0.5, 0.6) is 0 Å². The second kappa shape index (κ2) is 3.06. The van der Waals surface area contributed by atoms with E-state index in [9.17, 15) is 0 Å². The summed E-state index contributed by atoms with van der Waals surface area (Å²) in [6.45, 7) is 2.08. The molecule has 0 aromatic carbocycles. The smallest absolute Gasteiger partial charge is 0.195 e. The highest BCUT2D eigenvalue weighted by Crippen LogP contribution is 2.22. The van der Waals surface area contributed by atoms with E-state index in [1.807, 2.05) is 11.4 Å². The summed E-state index contributed by atoms with van der Waals surface area (Å²) in [7, 11) is 0. The van der Waals surface area contributed by atoms with Gasteiger partial charge in [0.25, 0.3) is 0 Å². The first-order valence-electron chi connectivity index (χ1n) is 3.75. The lowest BCUT2D eigenvalue weighted by Gasteiger charge is -1.84. The largest absolute Gasteiger partial charge is 0.354 e. The molecule has 2 aromatic rings. The van der Waals surface area contributed by atoms with Crippen LogP contribution in [0.1, 0.15) is 12.6 Å². The molecule has 4 heteroatoms. The third kappa shape index (κ3) is 1.25. The van der Waals surface area contributed by atoms with Crippen molar-refractivity contribution in [3.63, 3.8) is 0 Å². The predicted octanol–water partition coefficient (Wildman–Crippen LogP) is 2.36. The normalized spacial score (nSPS) is 10.4. The van der Waals surface area contributed by atoms with Crippen molar-refractivity contribution in [3.05, 3.63) is 23.3 Å². The van der Waals surface area contributed by atoms with E-state index in [-0.39, 0.29) is 0 Å². The molecule has 2 aromatic heterocycles. The van der Waals surface area contributed by atoms with Crippen molar-refractivity contribution in [2.45, 2.75) is 13.3 Å². The summed E-state index contributed by atoms with van der Waals surface area (Å²) >= 11 is 1.59. The Balaban J connectivity index is 2.35. The lowest BCUT2D eigenvalue weighted by atomic mass is 10.4. The highest BCUT2D eigenvalue weighted by molar-refractivity contribution is 7.13. The summed E-state index contributed by atoms with van der Waals surface area (Å²) in [5.41, 5.74) is 1.10. The first kappa shape index (κ1) is 7.49. The fourth-order valence-electron chi connectivity index (χ4n) is 0.909. The van der Waals surface area contributed by atoms with E-state index in [0.717, 1.165) is 22.9 Å². The van der Waals surface area contributed by atoms with Crippen LogP contribution in [0.15, 0.2) is 22.2 Å². The van der Waals surface area contributed by atoms with Crippen LogP contribution >= 0.6 is 11.3 Å². The van der Waals surface area contributed by atoms with Gasteiger partial charge in [-0.15, -0.1) is 11.3 Å². The van der Waals surface area contributed by atoms with Gasteiger partial charge in [-0.05, 0) is 6.42 Å². The Morgan fingerprint density at radius 2 is 2.50 bits per heavy atom. The first-order valence-corrected chi connectivity index (χ1v) is 4.63. The van der Waals surface area contributed by atoms with Crippen LogP contribution in [-0.2, 0) is 6.42 Å². The van der Waals surface area contributed by atoms with E-state index in [1.54, 1.807) is 17.5 Å². The molecule has 0 aliphatic carbocycles. The average Bonchev–Trinajstić information content (AvgIpc) is 2.75. The molecule has 0 atom stereocenters. The minimum Gasteiger partial charge on any atom is -0.354 e. The Hall–Kier alpha value is -1.16. The number of thiazole rings is 1. The van der Waals surface area contributed by atoms with Crippen LogP contribution in [0.2, 0.25) is 0 Å². The number of rotatable bonds is 2. The van der Waals surface area contributed by atoms with Gasteiger partial charge in [0.2, 0.25) is 0 Å². The number of hydrogen-bond acceptors (Lipinski definition) is 4. The molecule has 62 valence electrons. The Labute approximate surface area is 74.0 Å². The molecule has 0 saturated carbocycles. The van der Waals surface area contributed by atoms with Gasteiger partial charge in [-0.3, -0.25) is 0 Å². The summed E-state index contributed by atoms with van der Waals surface area (Å²) in [5.74, 6) is 0.750. The maximum Gasteiger partial charge on any atom is 0.195 e. The monoisotopic (exact) mass is 180 g/mol. The maximum absolute atomic E-state index is 4.98. The van der Waals surface area contributed by atoms with Gasteiger partial charge in [0.1, 0.15) is 0 Å². The average molecular weight is 180 g/mol. The van der Waals surface area contributed by atoms with E-state index < -0.39 is 0 Å². The number of aryl methyl sites for hydroxylation is 1. The molecule has 12 heavy (non-hydrogen) atoms. The van der Waals surface area contributed by atoms with Gasteiger partial charge in [0, 0.05) is 11.4 Å². The standard InChI is InChI=1S/C8H8N2OS/c1-2-6-5-12-8(10-6)7-3-4-9-11-7/h3-5H,2H2,1H3. The van der Waals surface area contributed by atoms with Crippen molar-refractivity contribution in [3.8, 4) is 10.8 Å². The van der Waals surface area contributed by atoms with Crippen molar-refractivity contribution < 1.29 is 4.52 Å². The fraction of sp³-hybridized carbons (Fsp3) is 0.250. The molecule has 2 rings (SSSR count). The molecule has 2 heterocycles. The van der Waals surface area contributed by atoms with E-state index in [2.05, 4.69) is 17.1 Å². The molecule has 0 N–H and O–H groups in total. The van der Waals surface area contributed by atoms with Gasteiger partial charge >= 0.3 is 0 Å². The lowest BCUT2D eigenvalue weighted by Crippen LogP contribution is -1.78. The summed E-state index contributed by atoms with van der Waals surface area (Å²) in [4.78, 5) is 4.36. The molecule has 3 nitrogen and oxygen atoms in total. The Morgan fingerprint density at radius 1 is 1.58 bits per heavy atom. The predicted molar refractivity (Wildman–Crippen MR) is 47.0 cm³/mol. The van der Waals surface area contributed by atoms with Crippen LogP contribution in [0.4, 0.5) is 0 Å². The van der Waals surface area contributed by atoms with Gasteiger partial charge < -0.3 is 4.52 Å². The third-order valence-corrected chi connectivity index (χ3v) is 2.47. The molecule has 0 amide bonds. The lowest BCUT2D eigenvalue weighted by molar-refractivity contribution is 0.432. The quantitative estimate of drug-likeness (QED) is 0.712. The van der Waals surface area contributed by atoms with Crippen LogP contribution in [0.25, 0.3) is 10.8 Å². The minimum absolute atomic E-state index is 0.750. The van der Waals surface area contributed by atoms with Crippen LogP contribution in [0, 0.1) is 0 Å². The number of hydrogen-bond donors (Lipinski definition) is 0. The molecule has 0 bridgehead atoms. The number of nitrogens with zero attached hydrogens (tertiary/aromatic N) is 2. The fourth-order valence-corrected chi connectivity index (χ4v) is 1.77. The van der Waals surface area contributed by atoms with Crippen molar-refractivity contribution >= 4 is 11.3 Å². The third-order valence-electron chi connectivity index (χ3n) is 1.56. The molecular weight excluding hydrogens is 172 g/mol. The highest BCUT2D eigenvalue weighted by Gasteiger charge is 2.05. The Morgan fingerprint density at radius 3 is 3.08 bits per heavy atom. The summed E-state index contributed by atoms with van der Waals surface area (Å²) in [6.07, 6.45) is 2.59. The topological polar surface area (TPSA) is 38.9 Å². The van der Waals surface area contributed by atoms with Crippen LogP contribution in [0.3, 0.4) is 0 Å². The van der Waals surface area contributed by atoms with Crippen molar-refractivity contribution in [2.75, 3.05) is 0 Å². The maximum atomic E-state index is 4.98. The van der Waals surface area contributed by atoms with E-state index >= 15 is 0 Å². The molecule has 0 aliphatic rings. The van der Waals surface area contributed by atoms with Gasteiger partial charge in [-0.1, -0.05) is 12.1 Å². The summed E-state index contributed by atoms with van der Waals surface area (Å²) in [6, 6.07) is 1.82. The van der Waals surface area contributed by atoms with Crippen LogP contribution < -0.4 is 0 Å². The molecule has 0 aliphatic heterocycles. The van der Waals surface area contributed by atoms with E-state index in [4.69, 9.17) is 4.52 Å². The molecular formula is C8H8N2OS. The van der Waals surface area contributed by atoms with Gasteiger partial charge in [0.15, 0.2) is 10.8 Å². The van der Waals surface area contributed by atoms with Crippen molar-refractivity contribution in [1.82, 2.24) is 10.1 Å². The minimum atomic E-state index is 0.750. The molecule has 0 fully saturated rings. The molecule has 0 spiro atoms. The molecule has 0 unspecified atom stereocenters. The van der Waals surface area contributed by atoms with Crippen LogP contribution in [-0.4, -0.2) is 10.1 Å². The second-order valence-corrected chi connectivity index (χ2v) is 3.23. The van der Waals surface area contributed by atoms with Crippen molar-refractivity contribution in [1.29, 1.82) is 0 Å². The summed E-state index contributed by atoms with van der Waals surface area (Å²) < 4.78 is 4.98. The van der Waals surface area contributed by atoms with Crippen molar-refractivity contribution in [2.24, 2.45) is 0 Å². The zero-order valence-electron chi connectivity index (χ0n) is 6.65. The second-order valence-electron chi connectivity index (χ2n) is 2.37. The molecule has 0 saturated heterocycles. The van der Waals surface area contributed by atoms with E-state index in [1.165, 1.54) is 0 Å². The van der Waals surface area contributed by atoms with Gasteiger partial charge in [0.05, 0.1) is 11.9 Å². The first-order chi connectivity index (χ1) is 5.90. The zero-order chi connectivity index (χ0) is 8.39. The van der Waals surface area contributed by atoms with Gasteiger partial charge in [-0.2, -0.15) is 0 Å².